The van der Waals surface area contributed by atoms with Gasteiger partial charge >= 0.3 is 0 Å². The molecule has 0 saturated carbocycles. The molecule has 3 rings (SSSR count). The average Bonchev–Trinajstić information content (AvgIpc) is 3.21. The Morgan fingerprint density at radius 1 is 1.03 bits per heavy atom. The van der Waals surface area contributed by atoms with Crippen LogP contribution in [0.1, 0.15) is 63.3 Å². The van der Waals surface area contributed by atoms with Gasteiger partial charge in [0.05, 0.1) is 32.1 Å². The molecule has 1 amide bonds. The van der Waals surface area contributed by atoms with Crippen LogP contribution >= 0.6 is 0 Å². The maximum absolute atomic E-state index is 13.3. The zero-order valence-corrected chi connectivity index (χ0v) is 23.7. The first-order chi connectivity index (χ1) is 17.7. The number of rotatable bonds is 9. The van der Waals surface area contributed by atoms with Crippen LogP contribution in [-0.4, -0.2) is 58.7 Å². The molecule has 10 nitrogen and oxygen atoms in total. The number of nitrogens with one attached hydrogen (secondary N) is 2. The molecule has 0 fully saturated rings. The van der Waals surface area contributed by atoms with Crippen LogP contribution in [0.3, 0.4) is 0 Å². The van der Waals surface area contributed by atoms with E-state index in [0.29, 0.717) is 28.6 Å². The van der Waals surface area contributed by atoms with Crippen LogP contribution in [0.2, 0.25) is 0 Å². The Hall–Kier alpha value is -3.63. The first-order valence-corrected chi connectivity index (χ1v) is 12.4. The Kier molecular flexibility index (Phi) is 8.68. The molecule has 0 spiro atoms. The summed E-state index contributed by atoms with van der Waals surface area (Å²) in [7, 11) is 3.14. The number of nitrogens with zero attached hydrogens (tertiary/aromatic N) is 3. The lowest BCUT2D eigenvalue weighted by Gasteiger charge is -2.25. The fourth-order valence-electron chi connectivity index (χ4n) is 3.81. The van der Waals surface area contributed by atoms with E-state index in [1.807, 2.05) is 39.0 Å². The molecule has 1 atom stereocenters. The highest BCUT2D eigenvalue weighted by atomic mass is 16.6. The monoisotopic (exact) mass is 525 g/mol. The SMILES string of the molecule is COc1ccc(OC)c(-n2nnc(C(=O)Nc3cc(NCC(O)OC(C)(C)C)cc(C(C)(C)C)c3)c2C)c1. The maximum Gasteiger partial charge on any atom is 0.278 e. The standard InChI is InChI=1S/C28H39N5O5/c1-17-25(31-32-33(17)22-15-21(36-8)10-11-23(22)37-9)26(35)30-20-13-18(27(2,3)4)12-19(14-20)29-16-24(34)38-28(5,6)7/h10-15,24,29,34H,16H2,1-9H3,(H,30,35). The third-order valence-corrected chi connectivity index (χ3v) is 5.75. The van der Waals surface area contributed by atoms with E-state index in [-0.39, 0.29) is 17.7 Å². The molecule has 0 radical (unpaired) electrons. The lowest BCUT2D eigenvalue weighted by atomic mass is 9.86. The second kappa shape index (κ2) is 11.4. The highest BCUT2D eigenvalue weighted by molar-refractivity contribution is 6.04. The first kappa shape index (κ1) is 28.9. The zero-order chi connectivity index (χ0) is 28.3. The average molecular weight is 526 g/mol. The molecule has 0 bridgehead atoms. The molecular weight excluding hydrogens is 486 g/mol. The van der Waals surface area contributed by atoms with Crippen molar-refractivity contribution >= 4 is 17.3 Å². The van der Waals surface area contributed by atoms with Gasteiger partial charge < -0.3 is 30.0 Å². The van der Waals surface area contributed by atoms with Gasteiger partial charge in [-0.2, -0.15) is 0 Å². The van der Waals surface area contributed by atoms with Crippen molar-refractivity contribution in [2.45, 2.75) is 65.8 Å². The van der Waals surface area contributed by atoms with Crippen molar-refractivity contribution in [3.05, 3.63) is 53.3 Å². The summed E-state index contributed by atoms with van der Waals surface area (Å²) < 4.78 is 17.9. The molecule has 0 aliphatic rings. The van der Waals surface area contributed by atoms with Gasteiger partial charge in [0.15, 0.2) is 12.0 Å². The lowest BCUT2D eigenvalue weighted by Crippen LogP contribution is -2.32. The number of ether oxygens (including phenoxy) is 3. The molecule has 1 unspecified atom stereocenters. The van der Waals surface area contributed by atoms with Crippen molar-refractivity contribution in [3.8, 4) is 17.2 Å². The molecule has 0 aliphatic heterocycles. The predicted octanol–water partition coefficient (Wildman–Crippen LogP) is 4.69. The second-order valence-electron chi connectivity index (χ2n) is 11.0. The van der Waals surface area contributed by atoms with Gasteiger partial charge in [0.2, 0.25) is 0 Å². The molecule has 206 valence electrons. The number of aliphatic hydroxyl groups is 1. The van der Waals surface area contributed by atoms with Gasteiger partial charge in [0.1, 0.15) is 17.2 Å². The van der Waals surface area contributed by atoms with E-state index in [4.69, 9.17) is 14.2 Å². The topological polar surface area (TPSA) is 120 Å². The predicted molar refractivity (Wildman–Crippen MR) is 148 cm³/mol. The van der Waals surface area contributed by atoms with E-state index in [1.165, 1.54) is 0 Å². The zero-order valence-electron chi connectivity index (χ0n) is 23.7. The van der Waals surface area contributed by atoms with Crippen LogP contribution in [0.4, 0.5) is 11.4 Å². The smallest absolute Gasteiger partial charge is 0.278 e. The number of aromatic nitrogens is 3. The number of benzene rings is 2. The number of hydrogen-bond acceptors (Lipinski definition) is 8. The number of anilines is 2. The molecule has 38 heavy (non-hydrogen) atoms. The van der Waals surface area contributed by atoms with Gasteiger partial charge in [0, 0.05) is 17.4 Å². The van der Waals surface area contributed by atoms with E-state index >= 15 is 0 Å². The van der Waals surface area contributed by atoms with Crippen LogP contribution in [0, 0.1) is 6.92 Å². The number of amides is 1. The van der Waals surface area contributed by atoms with Gasteiger partial charge in [-0.3, -0.25) is 4.79 Å². The summed E-state index contributed by atoms with van der Waals surface area (Å²) in [5.74, 6) is 0.791. The Morgan fingerprint density at radius 3 is 2.32 bits per heavy atom. The molecule has 0 aliphatic carbocycles. The summed E-state index contributed by atoms with van der Waals surface area (Å²) in [4.78, 5) is 13.3. The van der Waals surface area contributed by atoms with Crippen LogP contribution < -0.4 is 20.1 Å². The van der Waals surface area contributed by atoms with Crippen molar-refractivity contribution < 1.29 is 24.1 Å². The van der Waals surface area contributed by atoms with Crippen molar-refractivity contribution in [2.24, 2.45) is 0 Å². The van der Waals surface area contributed by atoms with Gasteiger partial charge in [-0.1, -0.05) is 26.0 Å². The summed E-state index contributed by atoms with van der Waals surface area (Å²) in [6, 6.07) is 11.0. The highest BCUT2D eigenvalue weighted by Gasteiger charge is 2.22. The third kappa shape index (κ3) is 7.23. The van der Waals surface area contributed by atoms with Crippen molar-refractivity contribution in [1.82, 2.24) is 15.0 Å². The van der Waals surface area contributed by atoms with Crippen molar-refractivity contribution in [1.29, 1.82) is 0 Å². The van der Waals surface area contributed by atoms with Gasteiger partial charge in [0.25, 0.3) is 5.91 Å². The van der Waals surface area contributed by atoms with Crippen LogP contribution in [-0.2, 0) is 10.2 Å². The van der Waals surface area contributed by atoms with Crippen molar-refractivity contribution in [3.63, 3.8) is 0 Å². The van der Waals surface area contributed by atoms with Crippen LogP contribution in [0.25, 0.3) is 5.69 Å². The fraction of sp³-hybridized carbons (Fsp3) is 0.464. The van der Waals surface area contributed by atoms with Gasteiger partial charge in [-0.05, 0) is 69.0 Å². The maximum atomic E-state index is 13.3. The summed E-state index contributed by atoms with van der Waals surface area (Å²) in [5.41, 5.74) is 3.01. The molecule has 10 heteroatoms. The summed E-state index contributed by atoms with van der Waals surface area (Å²) in [6.07, 6.45) is -0.988. The molecule has 3 aromatic rings. The summed E-state index contributed by atoms with van der Waals surface area (Å²) in [6.45, 7) is 13.9. The molecule has 2 aromatic carbocycles. The normalized spacial score (nSPS) is 12.7. The highest BCUT2D eigenvalue weighted by Crippen LogP contribution is 2.30. The molecule has 1 aromatic heterocycles. The Bertz CT molecular complexity index is 1270. The lowest BCUT2D eigenvalue weighted by molar-refractivity contribution is -0.157. The number of carbonyl (C=O) groups excluding carboxylic acids is 1. The summed E-state index contributed by atoms with van der Waals surface area (Å²) in [5, 5.41) is 24.8. The molecular formula is C28H39N5O5. The largest absolute Gasteiger partial charge is 0.497 e. The molecule has 0 saturated heterocycles. The quantitative estimate of drug-likeness (QED) is 0.344. The molecule has 3 N–H and O–H groups in total. The van der Waals surface area contributed by atoms with Gasteiger partial charge in [-0.15, -0.1) is 5.10 Å². The molecule has 1 heterocycles. The number of hydrogen-bond donors (Lipinski definition) is 3. The van der Waals surface area contributed by atoms with Crippen LogP contribution in [0.5, 0.6) is 11.5 Å². The third-order valence-electron chi connectivity index (χ3n) is 5.75. The number of methoxy groups -OCH3 is 2. The van der Waals surface area contributed by atoms with Crippen molar-refractivity contribution in [2.75, 3.05) is 31.4 Å². The Labute approximate surface area is 224 Å². The number of carbonyl (C=O) groups is 1. The Balaban J connectivity index is 1.87. The number of aliphatic hydroxyl groups excluding tert-OH is 1. The van der Waals surface area contributed by atoms with E-state index in [2.05, 4.69) is 41.7 Å². The Morgan fingerprint density at radius 2 is 1.71 bits per heavy atom. The minimum Gasteiger partial charge on any atom is -0.497 e. The summed E-state index contributed by atoms with van der Waals surface area (Å²) >= 11 is 0. The van der Waals surface area contributed by atoms with E-state index < -0.39 is 17.8 Å². The van der Waals surface area contributed by atoms with Gasteiger partial charge in [-0.25, -0.2) is 4.68 Å². The minimum absolute atomic E-state index is 0.180. The first-order valence-electron chi connectivity index (χ1n) is 12.4. The van der Waals surface area contributed by atoms with E-state index in [9.17, 15) is 9.90 Å². The fourth-order valence-corrected chi connectivity index (χ4v) is 3.81. The minimum atomic E-state index is -0.988. The van der Waals surface area contributed by atoms with E-state index in [0.717, 1.165) is 11.3 Å². The second-order valence-corrected chi connectivity index (χ2v) is 11.0. The van der Waals surface area contributed by atoms with Crippen LogP contribution in [0.15, 0.2) is 36.4 Å². The van der Waals surface area contributed by atoms with E-state index in [1.54, 1.807) is 44.0 Å².